The summed E-state index contributed by atoms with van der Waals surface area (Å²) in [5.74, 6) is 0.134. The van der Waals surface area contributed by atoms with E-state index in [1.54, 1.807) is 4.90 Å². The molecule has 0 aromatic carbocycles. The molecule has 104 valence electrons. The summed E-state index contributed by atoms with van der Waals surface area (Å²) in [6, 6.07) is -0.630. The van der Waals surface area contributed by atoms with Gasteiger partial charge in [0.25, 0.3) is 0 Å². The van der Waals surface area contributed by atoms with Gasteiger partial charge in [-0.25, -0.2) is 4.79 Å². The number of hydrogen-bond acceptors (Lipinski definition) is 3. The van der Waals surface area contributed by atoms with Crippen molar-refractivity contribution >= 4 is 22.8 Å². The first-order valence-electron chi connectivity index (χ1n) is 6.02. The van der Waals surface area contributed by atoms with Gasteiger partial charge >= 0.3 is 12.0 Å². The van der Waals surface area contributed by atoms with Gasteiger partial charge in [0.05, 0.1) is 6.42 Å². The zero-order valence-corrected chi connectivity index (χ0v) is 11.5. The van der Waals surface area contributed by atoms with E-state index in [1.807, 2.05) is 13.8 Å². The Morgan fingerprint density at radius 2 is 1.89 bits per heavy atom. The number of carbonyl (C=O) groups is 2. The van der Waals surface area contributed by atoms with Crippen LogP contribution in [0.1, 0.15) is 20.3 Å². The van der Waals surface area contributed by atoms with Crippen LogP contribution in [-0.2, 0) is 15.6 Å². The molecule has 1 rings (SSSR count). The van der Waals surface area contributed by atoms with Crippen molar-refractivity contribution in [3.8, 4) is 0 Å². The lowest BCUT2D eigenvalue weighted by Crippen LogP contribution is -2.51. The predicted molar refractivity (Wildman–Crippen MR) is 68.9 cm³/mol. The summed E-state index contributed by atoms with van der Waals surface area (Å²) in [5, 5.41) is 11.5. The van der Waals surface area contributed by atoms with E-state index < -0.39 is 16.8 Å². The molecule has 0 radical (unpaired) electrons. The predicted octanol–water partition coefficient (Wildman–Crippen LogP) is 0.260. The summed E-state index contributed by atoms with van der Waals surface area (Å²) in [5.41, 5.74) is 0. The molecule has 2 N–H and O–H groups in total. The Morgan fingerprint density at radius 1 is 1.33 bits per heavy atom. The fourth-order valence-corrected chi connectivity index (χ4v) is 2.78. The number of carboxylic acids is 1. The first kappa shape index (κ1) is 14.9. The van der Waals surface area contributed by atoms with Gasteiger partial charge in [-0.2, -0.15) is 0 Å². The van der Waals surface area contributed by atoms with Crippen LogP contribution in [0, 0.1) is 5.92 Å². The van der Waals surface area contributed by atoms with Crippen LogP contribution in [-0.4, -0.2) is 56.9 Å². The average Bonchev–Trinajstić information content (AvgIpc) is 2.28. The van der Waals surface area contributed by atoms with Crippen LogP contribution in [0.15, 0.2) is 0 Å². The summed E-state index contributed by atoms with van der Waals surface area (Å²) in [7, 11) is -0.824. The van der Waals surface area contributed by atoms with Crippen LogP contribution in [0.2, 0.25) is 0 Å². The topological polar surface area (TPSA) is 86.7 Å². The minimum atomic E-state index is -0.922. The quantitative estimate of drug-likeness (QED) is 0.771. The molecule has 1 aliphatic rings. The Bertz CT molecular complexity index is 336. The van der Waals surface area contributed by atoms with Crippen molar-refractivity contribution in [1.29, 1.82) is 0 Å². The SMILES string of the molecule is CC(C)C(CC(=O)O)NC(=O)N1CCS(=O)CC1. The molecule has 1 atom stereocenters. The molecule has 0 spiro atoms. The van der Waals surface area contributed by atoms with Crippen LogP contribution in [0.3, 0.4) is 0 Å². The van der Waals surface area contributed by atoms with Crippen molar-refractivity contribution in [3.63, 3.8) is 0 Å². The van der Waals surface area contributed by atoms with E-state index in [-0.39, 0.29) is 24.4 Å². The summed E-state index contributed by atoms with van der Waals surface area (Å²) in [6.07, 6.45) is -0.0802. The van der Waals surface area contributed by atoms with Crippen molar-refractivity contribution in [3.05, 3.63) is 0 Å². The number of amides is 2. The van der Waals surface area contributed by atoms with Crippen molar-refractivity contribution < 1.29 is 18.9 Å². The van der Waals surface area contributed by atoms with Crippen LogP contribution in [0.25, 0.3) is 0 Å². The Labute approximate surface area is 109 Å². The van der Waals surface area contributed by atoms with E-state index in [2.05, 4.69) is 5.32 Å². The monoisotopic (exact) mass is 276 g/mol. The van der Waals surface area contributed by atoms with Crippen LogP contribution in [0.5, 0.6) is 0 Å². The van der Waals surface area contributed by atoms with Crippen molar-refractivity contribution in [2.45, 2.75) is 26.3 Å². The lowest BCUT2D eigenvalue weighted by atomic mass is 10.0. The third-order valence-corrected chi connectivity index (χ3v) is 4.25. The maximum Gasteiger partial charge on any atom is 0.317 e. The minimum Gasteiger partial charge on any atom is -0.481 e. The number of carboxylic acid groups (broad SMARTS) is 1. The van der Waals surface area contributed by atoms with Gasteiger partial charge in [-0.1, -0.05) is 13.8 Å². The minimum absolute atomic E-state index is 0.0592. The number of nitrogens with one attached hydrogen (secondary N) is 1. The highest BCUT2D eigenvalue weighted by Crippen LogP contribution is 2.08. The normalized spacial score (nSPS) is 18.7. The lowest BCUT2D eigenvalue weighted by molar-refractivity contribution is -0.137. The lowest BCUT2D eigenvalue weighted by Gasteiger charge is -2.29. The van der Waals surface area contributed by atoms with Gasteiger partial charge in [0.15, 0.2) is 0 Å². The fraction of sp³-hybridized carbons (Fsp3) is 0.818. The average molecular weight is 276 g/mol. The Kier molecular flexibility index (Phi) is 5.58. The molecule has 0 saturated carbocycles. The van der Waals surface area contributed by atoms with Crippen molar-refractivity contribution in [2.75, 3.05) is 24.6 Å². The number of hydrogen-bond donors (Lipinski definition) is 2. The Hall–Kier alpha value is -1.11. The van der Waals surface area contributed by atoms with E-state index in [0.717, 1.165) is 0 Å². The molecule has 7 heteroatoms. The molecule has 1 unspecified atom stereocenters. The van der Waals surface area contributed by atoms with E-state index in [0.29, 0.717) is 24.6 Å². The number of aliphatic carboxylic acids is 1. The van der Waals surface area contributed by atoms with Gasteiger partial charge in [-0.3, -0.25) is 9.00 Å². The van der Waals surface area contributed by atoms with E-state index in [1.165, 1.54) is 0 Å². The van der Waals surface area contributed by atoms with Crippen LogP contribution in [0.4, 0.5) is 4.79 Å². The highest BCUT2D eigenvalue weighted by Gasteiger charge is 2.24. The second-order valence-electron chi connectivity index (χ2n) is 4.73. The first-order valence-corrected chi connectivity index (χ1v) is 7.51. The summed E-state index contributed by atoms with van der Waals surface area (Å²) in [4.78, 5) is 24.2. The molecule has 0 aromatic rings. The van der Waals surface area contributed by atoms with Gasteiger partial charge < -0.3 is 15.3 Å². The van der Waals surface area contributed by atoms with Gasteiger partial charge in [-0.05, 0) is 5.92 Å². The summed E-state index contributed by atoms with van der Waals surface area (Å²) < 4.78 is 11.2. The molecule has 0 bridgehead atoms. The Morgan fingerprint density at radius 3 is 2.33 bits per heavy atom. The van der Waals surface area contributed by atoms with Gasteiger partial charge in [0, 0.05) is 41.4 Å². The first-order chi connectivity index (χ1) is 8.40. The molecular formula is C11H20N2O4S. The molecule has 1 fully saturated rings. The molecule has 2 amide bonds. The highest BCUT2D eigenvalue weighted by molar-refractivity contribution is 7.85. The molecule has 6 nitrogen and oxygen atoms in total. The number of carbonyl (C=O) groups excluding carboxylic acids is 1. The maximum absolute atomic E-state index is 11.9. The Balaban J connectivity index is 2.50. The standard InChI is InChI=1S/C11H20N2O4S/c1-8(2)9(7-10(14)15)12-11(16)13-3-5-18(17)6-4-13/h8-9H,3-7H2,1-2H3,(H,12,16)(H,14,15). The van der Waals surface area contributed by atoms with Crippen LogP contribution < -0.4 is 5.32 Å². The number of nitrogens with zero attached hydrogens (tertiary/aromatic N) is 1. The summed E-state index contributed by atoms with van der Waals surface area (Å²) in [6.45, 7) is 4.69. The fourth-order valence-electron chi connectivity index (χ4n) is 1.73. The van der Waals surface area contributed by atoms with Gasteiger partial charge in [0.1, 0.15) is 0 Å². The zero-order chi connectivity index (χ0) is 13.7. The molecule has 1 saturated heterocycles. The van der Waals surface area contributed by atoms with Crippen molar-refractivity contribution in [1.82, 2.24) is 10.2 Å². The maximum atomic E-state index is 11.9. The van der Waals surface area contributed by atoms with E-state index >= 15 is 0 Å². The zero-order valence-electron chi connectivity index (χ0n) is 10.7. The van der Waals surface area contributed by atoms with Crippen molar-refractivity contribution in [2.24, 2.45) is 5.92 Å². The van der Waals surface area contributed by atoms with E-state index in [9.17, 15) is 13.8 Å². The largest absolute Gasteiger partial charge is 0.481 e. The molecule has 18 heavy (non-hydrogen) atoms. The molecule has 0 aromatic heterocycles. The smallest absolute Gasteiger partial charge is 0.317 e. The molecule has 0 aliphatic carbocycles. The third kappa shape index (κ3) is 4.64. The second kappa shape index (κ2) is 6.72. The third-order valence-electron chi connectivity index (χ3n) is 2.97. The summed E-state index contributed by atoms with van der Waals surface area (Å²) >= 11 is 0. The second-order valence-corrected chi connectivity index (χ2v) is 6.43. The molecular weight excluding hydrogens is 256 g/mol. The molecule has 1 aliphatic heterocycles. The van der Waals surface area contributed by atoms with Gasteiger partial charge in [0.2, 0.25) is 0 Å². The number of rotatable bonds is 4. The van der Waals surface area contributed by atoms with Gasteiger partial charge in [-0.15, -0.1) is 0 Å². The van der Waals surface area contributed by atoms with E-state index in [4.69, 9.17) is 5.11 Å². The van der Waals surface area contributed by atoms with Crippen LogP contribution >= 0.6 is 0 Å². The number of urea groups is 1. The molecule has 1 heterocycles. The highest BCUT2D eigenvalue weighted by atomic mass is 32.2.